The van der Waals surface area contributed by atoms with Gasteiger partial charge in [-0.2, -0.15) is 0 Å². The minimum Gasteiger partial charge on any atom is -0.496 e. The van der Waals surface area contributed by atoms with Gasteiger partial charge in [-0.15, -0.1) is 0 Å². The molecule has 128 valence electrons. The average molecular weight is 338 g/mol. The van der Waals surface area contributed by atoms with E-state index in [1.165, 1.54) is 14.2 Å². The number of nitrogens with one attached hydrogen (secondary N) is 2. The van der Waals surface area contributed by atoms with E-state index in [1.807, 2.05) is 13.0 Å². The summed E-state index contributed by atoms with van der Waals surface area (Å²) in [5, 5.41) is 3.67. The van der Waals surface area contributed by atoms with Gasteiger partial charge in [0.05, 0.1) is 36.6 Å². The van der Waals surface area contributed by atoms with Crippen molar-refractivity contribution < 1.29 is 19.1 Å². The number of aryl methyl sites for hydroxylation is 1. The topological polar surface area (TPSA) is 80.4 Å². The fraction of sp³-hybridized carbons (Fsp3) is 0.158. The monoisotopic (exact) mass is 338 g/mol. The molecule has 0 aliphatic heterocycles. The van der Waals surface area contributed by atoms with Gasteiger partial charge in [0.1, 0.15) is 5.75 Å². The quantitative estimate of drug-likeness (QED) is 0.713. The van der Waals surface area contributed by atoms with Crippen LogP contribution in [0.25, 0.3) is 10.9 Å². The molecule has 0 fully saturated rings. The molecule has 0 saturated carbocycles. The van der Waals surface area contributed by atoms with Gasteiger partial charge in [-0.05, 0) is 37.3 Å². The Morgan fingerprint density at radius 2 is 1.84 bits per heavy atom. The van der Waals surface area contributed by atoms with Gasteiger partial charge in [0.15, 0.2) is 0 Å². The minimum absolute atomic E-state index is 0.326. The smallest absolute Gasteiger partial charge is 0.337 e. The number of carbonyl (C=O) groups is 2. The first kappa shape index (κ1) is 16.6. The SMILES string of the molecule is COC(=O)c1cc(NC(=O)c2ccccc2OC)c2[nH]c(C)cc2c1. The Morgan fingerprint density at radius 3 is 2.56 bits per heavy atom. The number of esters is 1. The van der Waals surface area contributed by atoms with E-state index in [9.17, 15) is 9.59 Å². The van der Waals surface area contributed by atoms with Gasteiger partial charge in [0.25, 0.3) is 5.91 Å². The molecule has 0 spiro atoms. The molecule has 6 heteroatoms. The zero-order valence-electron chi connectivity index (χ0n) is 14.2. The number of H-pyrrole nitrogens is 1. The predicted molar refractivity (Wildman–Crippen MR) is 95.3 cm³/mol. The van der Waals surface area contributed by atoms with E-state index in [4.69, 9.17) is 9.47 Å². The molecule has 6 nitrogen and oxygen atoms in total. The number of aromatic nitrogens is 1. The van der Waals surface area contributed by atoms with Crippen LogP contribution >= 0.6 is 0 Å². The maximum atomic E-state index is 12.7. The fourth-order valence-corrected chi connectivity index (χ4v) is 2.74. The van der Waals surface area contributed by atoms with Crippen LogP contribution in [0.4, 0.5) is 5.69 Å². The maximum Gasteiger partial charge on any atom is 0.337 e. The van der Waals surface area contributed by atoms with E-state index in [2.05, 4.69) is 10.3 Å². The van der Waals surface area contributed by atoms with Gasteiger partial charge in [0.2, 0.25) is 0 Å². The second-order valence-electron chi connectivity index (χ2n) is 5.59. The van der Waals surface area contributed by atoms with Crippen LogP contribution in [0, 0.1) is 6.92 Å². The molecule has 3 aromatic rings. The molecule has 0 radical (unpaired) electrons. The van der Waals surface area contributed by atoms with Crippen molar-refractivity contribution in [1.82, 2.24) is 4.98 Å². The van der Waals surface area contributed by atoms with E-state index in [1.54, 1.807) is 36.4 Å². The van der Waals surface area contributed by atoms with Crippen LogP contribution in [0.3, 0.4) is 0 Å². The number of benzene rings is 2. The predicted octanol–water partition coefficient (Wildman–Crippen LogP) is 3.52. The normalized spacial score (nSPS) is 10.5. The Bertz CT molecular complexity index is 959. The van der Waals surface area contributed by atoms with Crippen molar-refractivity contribution in [2.24, 2.45) is 0 Å². The third-order valence-corrected chi connectivity index (χ3v) is 3.88. The molecule has 3 rings (SSSR count). The van der Waals surface area contributed by atoms with Crippen LogP contribution < -0.4 is 10.1 Å². The van der Waals surface area contributed by atoms with Gasteiger partial charge in [-0.3, -0.25) is 4.79 Å². The Kier molecular flexibility index (Phi) is 4.43. The third kappa shape index (κ3) is 3.19. The van der Waals surface area contributed by atoms with Gasteiger partial charge >= 0.3 is 5.97 Å². The Morgan fingerprint density at radius 1 is 1.08 bits per heavy atom. The lowest BCUT2D eigenvalue weighted by atomic mass is 10.1. The molecular weight excluding hydrogens is 320 g/mol. The molecule has 2 N–H and O–H groups in total. The lowest BCUT2D eigenvalue weighted by Crippen LogP contribution is -2.14. The van der Waals surface area contributed by atoms with Gasteiger partial charge in [0, 0.05) is 11.1 Å². The fourth-order valence-electron chi connectivity index (χ4n) is 2.74. The van der Waals surface area contributed by atoms with Crippen LogP contribution in [0.1, 0.15) is 26.4 Å². The summed E-state index contributed by atoms with van der Waals surface area (Å²) in [4.78, 5) is 27.8. The zero-order valence-corrected chi connectivity index (χ0v) is 14.2. The van der Waals surface area contributed by atoms with Crippen LogP contribution in [0.5, 0.6) is 5.75 Å². The number of hydrogen-bond donors (Lipinski definition) is 2. The van der Waals surface area contributed by atoms with Crippen LogP contribution in [-0.4, -0.2) is 31.1 Å². The molecule has 0 atom stereocenters. The molecule has 1 heterocycles. The van der Waals surface area contributed by atoms with E-state index in [0.29, 0.717) is 22.6 Å². The molecule has 0 unspecified atom stereocenters. The Balaban J connectivity index is 2.05. The zero-order chi connectivity index (χ0) is 18.0. The number of hydrogen-bond acceptors (Lipinski definition) is 4. The number of para-hydroxylation sites is 1. The summed E-state index contributed by atoms with van der Waals surface area (Å²) in [6.07, 6.45) is 0. The van der Waals surface area contributed by atoms with E-state index >= 15 is 0 Å². The van der Waals surface area contributed by atoms with Crippen molar-refractivity contribution in [3.8, 4) is 5.75 Å². The lowest BCUT2D eigenvalue weighted by molar-refractivity contribution is 0.0600. The minimum atomic E-state index is -0.464. The van der Waals surface area contributed by atoms with Crippen molar-refractivity contribution in [2.45, 2.75) is 6.92 Å². The van der Waals surface area contributed by atoms with Gasteiger partial charge < -0.3 is 19.8 Å². The largest absolute Gasteiger partial charge is 0.496 e. The molecule has 1 aromatic heterocycles. The highest BCUT2D eigenvalue weighted by Gasteiger charge is 2.16. The van der Waals surface area contributed by atoms with Crippen molar-refractivity contribution in [3.05, 3.63) is 59.3 Å². The average Bonchev–Trinajstić information content (AvgIpc) is 3.01. The Labute approximate surface area is 144 Å². The molecule has 0 aliphatic rings. The second-order valence-corrected chi connectivity index (χ2v) is 5.59. The molecule has 0 saturated heterocycles. The highest BCUT2D eigenvalue weighted by Crippen LogP contribution is 2.28. The number of amides is 1. The summed E-state index contributed by atoms with van der Waals surface area (Å²) in [5.41, 5.74) is 2.94. The molecule has 0 aliphatic carbocycles. The number of anilines is 1. The first-order chi connectivity index (χ1) is 12.0. The summed E-state index contributed by atoms with van der Waals surface area (Å²) in [6, 6.07) is 12.2. The van der Waals surface area contributed by atoms with Gasteiger partial charge in [-0.1, -0.05) is 12.1 Å². The molecule has 1 amide bonds. The number of methoxy groups -OCH3 is 2. The first-order valence-corrected chi connectivity index (χ1v) is 7.69. The van der Waals surface area contributed by atoms with Crippen LogP contribution in [0.15, 0.2) is 42.5 Å². The van der Waals surface area contributed by atoms with Crippen LogP contribution in [-0.2, 0) is 4.74 Å². The molecular formula is C19H18N2O4. The summed E-state index contributed by atoms with van der Waals surface area (Å²) in [5.74, 6) is -0.315. The number of aromatic amines is 1. The van der Waals surface area contributed by atoms with Crippen molar-refractivity contribution in [1.29, 1.82) is 0 Å². The summed E-state index contributed by atoms with van der Waals surface area (Å²) >= 11 is 0. The number of rotatable bonds is 4. The highest BCUT2D eigenvalue weighted by atomic mass is 16.5. The lowest BCUT2D eigenvalue weighted by Gasteiger charge is -2.11. The van der Waals surface area contributed by atoms with E-state index in [0.717, 1.165) is 16.6 Å². The summed E-state index contributed by atoms with van der Waals surface area (Å²) < 4.78 is 10.0. The number of carbonyl (C=O) groups excluding carboxylic acids is 2. The van der Waals surface area contributed by atoms with E-state index in [-0.39, 0.29) is 5.91 Å². The number of ether oxygens (including phenoxy) is 2. The highest BCUT2D eigenvalue weighted by molar-refractivity contribution is 6.11. The van der Waals surface area contributed by atoms with Gasteiger partial charge in [-0.25, -0.2) is 4.79 Å². The maximum absolute atomic E-state index is 12.7. The van der Waals surface area contributed by atoms with Crippen molar-refractivity contribution in [2.75, 3.05) is 19.5 Å². The van der Waals surface area contributed by atoms with Crippen molar-refractivity contribution in [3.63, 3.8) is 0 Å². The first-order valence-electron chi connectivity index (χ1n) is 7.69. The number of fused-ring (bicyclic) bond motifs is 1. The summed E-state index contributed by atoms with van der Waals surface area (Å²) in [6.45, 7) is 1.91. The third-order valence-electron chi connectivity index (χ3n) is 3.88. The van der Waals surface area contributed by atoms with Crippen molar-refractivity contribution >= 4 is 28.5 Å². The second kappa shape index (κ2) is 6.68. The standard InChI is InChI=1S/C19H18N2O4/c1-11-8-12-9-13(19(23)25-3)10-15(17(12)20-11)21-18(22)14-6-4-5-7-16(14)24-2/h4-10,20H,1-3H3,(H,21,22). The van der Waals surface area contributed by atoms with E-state index < -0.39 is 5.97 Å². The Hall–Kier alpha value is -3.28. The summed E-state index contributed by atoms with van der Waals surface area (Å²) in [7, 11) is 2.83. The molecule has 0 bridgehead atoms. The molecule has 25 heavy (non-hydrogen) atoms. The van der Waals surface area contributed by atoms with Crippen LogP contribution in [0.2, 0.25) is 0 Å². The molecule has 2 aromatic carbocycles.